The molecule has 0 radical (unpaired) electrons. The molecule has 0 aliphatic carbocycles. The highest BCUT2D eigenvalue weighted by atomic mass is 32.1. The minimum atomic E-state index is -0.881. The lowest BCUT2D eigenvalue weighted by Crippen LogP contribution is -1.92. The quantitative estimate of drug-likeness (QED) is 0.358. The molecule has 0 aliphatic heterocycles. The van der Waals surface area contributed by atoms with Crippen LogP contribution in [0.25, 0.3) is 0 Å². The lowest BCUT2D eigenvalue weighted by Gasteiger charge is -1.71. The standard InChI is InChI=1S/C4H6O.C2H4O2S/c1-4(2)3-5;3-2(4)1-5/h3H,1H2,2H3;5H,1H2,(H,3,4). The smallest absolute Gasteiger partial charge is 0.313 e. The van der Waals surface area contributed by atoms with E-state index < -0.39 is 5.97 Å². The van der Waals surface area contributed by atoms with E-state index in [1.54, 1.807) is 6.92 Å². The van der Waals surface area contributed by atoms with Gasteiger partial charge in [0.15, 0.2) is 0 Å². The molecule has 0 amide bonds. The summed E-state index contributed by atoms with van der Waals surface area (Å²) in [4.78, 5) is 18.7. The van der Waals surface area contributed by atoms with Crippen molar-refractivity contribution in [2.75, 3.05) is 5.75 Å². The number of carboxylic acids is 1. The van der Waals surface area contributed by atoms with Gasteiger partial charge in [0.05, 0.1) is 5.75 Å². The molecular formula is C6H10O3S. The van der Waals surface area contributed by atoms with Gasteiger partial charge in [0.25, 0.3) is 0 Å². The zero-order valence-electron chi connectivity index (χ0n) is 5.70. The lowest BCUT2D eigenvalue weighted by atomic mass is 10.4. The van der Waals surface area contributed by atoms with Crippen LogP contribution in [0.5, 0.6) is 0 Å². The highest BCUT2D eigenvalue weighted by molar-refractivity contribution is 7.81. The molecular weight excluding hydrogens is 152 g/mol. The van der Waals surface area contributed by atoms with E-state index in [-0.39, 0.29) is 5.75 Å². The number of hydrogen-bond donors (Lipinski definition) is 2. The molecule has 0 aromatic heterocycles. The van der Waals surface area contributed by atoms with Crippen LogP contribution < -0.4 is 0 Å². The maximum Gasteiger partial charge on any atom is 0.313 e. The Kier molecular flexibility index (Phi) is 9.84. The molecule has 0 aromatic carbocycles. The number of hydrogen-bond acceptors (Lipinski definition) is 3. The Labute approximate surface area is 65.2 Å². The summed E-state index contributed by atoms with van der Waals surface area (Å²) in [5, 5.41) is 7.65. The number of carbonyl (C=O) groups excluding carboxylic acids is 1. The van der Waals surface area contributed by atoms with Crippen molar-refractivity contribution in [3.63, 3.8) is 0 Å². The Balaban J connectivity index is 0. The first-order valence-electron chi connectivity index (χ1n) is 2.48. The van der Waals surface area contributed by atoms with Gasteiger partial charge in [-0.1, -0.05) is 6.58 Å². The van der Waals surface area contributed by atoms with Crippen molar-refractivity contribution in [3.8, 4) is 0 Å². The number of thiol groups is 1. The summed E-state index contributed by atoms with van der Waals surface area (Å²) in [6.45, 7) is 4.97. The van der Waals surface area contributed by atoms with Gasteiger partial charge in [-0.3, -0.25) is 9.59 Å². The highest BCUT2D eigenvalue weighted by Gasteiger charge is 1.81. The molecule has 0 fully saturated rings. The summed E-state index contributed by atoms with van der Waals surface area (Å²) in [6, 6.07) is 0. The number of rotatable bonds is 2. The molecule has 0 bridgehead atoms. The molecule has 0 aromatic rings. The molecule has 1 N–H and O–H groups in total. The monoisotopic (exact) mass is 162 g/mol. The van der Waals surface area contributed by atoms with Crippen molar-refractivity contribution >= 4 is 24.9 Å². The van der Waals surface area contributed by atoms with Gasteiger partial charge in [-0.05, 0) is 12.5 Å². The van der Waals surface area contributed by atoms with Gasteiger partial charge in [-0.15, -0.1) is 0 Å². The fraction of sp³-hybridized carbons (Fsp3) is 0.333. The number of carboxylic acid groups (broad SMARTS) is 1. The third kappa shape index (κ3) is 26.9. The molecule has 0 saturated carbocycles. The summed E-state index contributed by atoms with van der Waals surface area (Å²) in [5.74, 6) is -0.965. The Bertz CT molecular complexity index is 131. The van der Waals surface area contributed by atoms with Gasteiger partial charge in [0.1, 0.15) is 6.29 Å². The SMILES string of the molecule is C=C(C)C=O.O=C(O)CS. The van der Waals surface area contributed by atoms with E-state index in [0.717, 1.165) is 6.29 Å². The second-order valence-corrected chi connectivity index (χ2v) is 1.83. The minimum Gasteiger partial charge on any atom is -0.481 e. The first-order chi connectivity index (χ1) is 4.54. The number of allylic oxidation sites excluding steroid dienone is 1. The third-order valence-electron chi connectivity index (χ3n) is 0.336. The largest absolute Gasteiger partial charge is 0.481 e. The number of aliphatic carboxylic acids is 1. The van der Waals surface area contributed by atoms with Gasteiger partial charge in [0, 0.05) is 0 Å². The molecule has 10 heavy (non-hydrogen) atoms. The Hall–Kier alpha value is -0.770. The van der Waals surface area contributed by atoms with Crippen LogP contribution in [0.4, 0.5) is 0 Å². The predicted octanol–water partition coefficient (Wildman–Crippen LogP) is 0.762. The molecule has 0 unspecified atom stereocenters. The fourth-order valence-corrected chi connectivity index (χ4v) is 0. The second-order valence-electron chi connectivity index (χ2n) is 1.52. The minimum absolute atomic E-state index is 0.0833. The Morgan fingerprint density at radius 3 is 2.00 bits per heavy atom. The van der Waals surface area contributed by atoms with Crippen LogP contribution >= 0.6 is 12.6 Å². The molecule has 58 valence electrons. The normalized spacial score (nSPS) is 7.00. The fourth-order valence-electron chi connectivity index (χ4n) is 0. The maximum atomic E-state index is 9.41. The first-order valence-corrected chi connectivity index (χ1v) is 3.11. The summed E-state index contributed by atoms with van der Waals surface area (Å²) in [7, 11) is 0. The number of aldehydes is 1. The van der Waals surface area contributed by atoms with Crippen molar-refractivity contribution in [3.05, 3.63) is 12.2 Å². The lowest BCUT2D eigenvalue weighted by molar-refractivity contribution is -0.133. The third-order valence-corrected chi connectivity index (χ3v) is 0.607. The maximum absolute atomic E-state index is 9.41. The summed E-state index contributed by atoms with van der Waals surface area (Å²) in [6.07, 6.45) is 0.722. The molecule has 0 rings (SSSR count). The second kappa shape index (κ2) is 8.23. The predicted molar refractivity (Wildman–Crippen MR) is 42.4 cm³/mol. The summed E-state index contributed by atoms with van der Waals surface area (Å²) in [5.41, 5.74) is 0.574. The van der Waals surface area contributed by atoms with Gasteiger partial charge < -0.3 is 5.11 Å². The average Bonchev–Trinajstić information content (AvgIpc) is 1.89. The van der Waals surface area contributed by atoms with E-state index in [2.05, 4.69) is 19.2 Å². The molecule has 0 heterocycles. The van der Waals surface area contributed by atoms with Crippen LogP contribution in [0.15, 0.2) is 12.2 Å². The van der Waals surface area contributed by atoms with Crippen molar-refractivity contribution in [2.24, 2.45) is 0 Å². The van der Waals surface area contributed by atoms with Crippen molar-refractivity contribution in [2.45, 2.75) is 6.92 Å². The highest BCUT2D eigenvalue weighted by Crippen LogP contribution is 1.71. The van der Waals surface area contributed by atoms with Gasteiger partial charge >= 0.3 is 5.97 Å². The number of carbonyl (C=O) groups is 2. The molecule has 0 atom stereocenters. The molecule has 3 nitrogen and oxygen atoms in total. The van der Waals surface area contributed by atoms with E-state index in [1.165, 1.54) is 0 Å². The van der Waals surface area contributed by atoms with E-state index in [0.29, 0.717) is 5.57 Å². The Morgan fingerprint density at radius 2 is 2.00 bits per heavy atom. The molecule has 0 spiro atoms. The van der Waals surface area contributed by atoms with E-state index in [9.17, 15) is 9.59 Å². The van der Waals surface area contributed by atoms with Gasteiger partial charge in [0.2, 0.25) is 0 Å². The van der Waals surface area contributed by atoms with Crippen LogP contribution in [0.1, 0.15) is 6.92 Å². The van der Waals surface area contributed by atoms with E-state index in [4.69, 9.17) is 5.11 Å². The van der Waals surface area contributed by atoms with E-state index >= 15 is 0 Å². The summed E-state index contributed by atoms with van der Waals surface area (Å²) < 4.78 is 0. The van der Waals surface area contributed by atoms with Crippen molar-refractivity contribution < 1.29 is 14.7 Å². The van der Waals surface area contributed by atoms with Crippen LogP contribution in [-0.4, -0.2) is 23.1 Å². The molecule has 0 saturated heterocycles. The zero-order chi connectivity index (χ0) is 8.57. The first kappa shape index (κ1) is 12.0. The van der Waals surface area contributed by atoms with E-state index in [1.807, 2.05) is 0 Å². The molecule has 4 heteroatoms. The van der Waals surface area contributed by atoms with Gasteiger partial charge in [-0.2, -0.15) is 12.6 Å². The topological polar surface area (TPSA) is 54.4 Å². The van der Waals surface area contributed by atoms with Crippen LogP contribution in [-0.2, 0) is 9.59 Å². The van der Waals surface area contributed by atoms with Crippen LogP contribution in [0.2, 0.25) is 0 Å². The molecule has 0 aliphatic rings. The van der Waals surface area contributed by atoms with Gasteiger partial charge in [-0.25, -0.2) is 0 Å². The van der Waals surface area contributed by atoms with Crippen LogP contribution in [0, 0.1) is 0 Å². The summed E-state index contributed by atoms with van der Waals surface area (Å²) >= 11 is 3.42. The average molecular weight is 162 g/mol. The zero-order valence-corrected chi connectivity index (χ0v) is 6.60. The van der Waals surface area contributed by atoms with Crippen molar-refractivity contribution in [1.29, 1.82) is 0 Å². The Morgan fingerprint density at radius 1 is 1.80 bits per heavy atom. The van der Waals surface area contributed by atoms with Crippen molar-refractivity contribution in [1.82, 2.24) is 0 Å². The van der Waals surface area contributed by atoms with Crippen LogP contribution in [0.3, 0.4) is 0 Å².